The van der Waals surface area contributed by atoms with E-state index in [-0.39, 0.29) is 12.6 Å². The van der Waals surface area contributed by atoms with Crippen LogP contribution in [0.4, 0.5) is 11.6 Å². The van der Waals surface area contributed by atoms with E-state index in [0.29, 0.717) is 5.02 Å². The van der Waals surface area contributed by atoms with Crippen LogP contribution in [-0.2, 0) is 6.54 Å². The van der Waals surface area contributed by atoms with Gasteiger partial charge in [0.05, 0.1) is 23.4 Å². The fourth-order valence-corrected chi connectivity index (χ4v) is 4.62. The summed E-state index contributed by atoms with van der Waals surface area (Å²) in [5.41, 5.74) is 1.98. The summed E-state index contributed by atoms with van der Waals surface area (Å²) in [5.74, 6) is 1.88. The number of piperazine rings is 1. The average molecular weight is 428 g/mol. The van der Waals surface area contributed by atoms with Crippen molar-refractivity contribution in [2.45, 2.75) is 25.4 Å². The minimum Gasteiger partial charge on any atom is -0.394 e. The highest BCUT2D eigenvalue weighted by Gasteiger charge is 2.26. The quantitative estimate of drug-likeness (QED) is 0.668. The summed E-state index contributed by atoms with van der Waals surface area (Å²) in [6.07, 6.45) is 7.70. The van der Waals surface area contributed by atoms with Crippen LogP contribution in [-0.4, -0.2) is 74.7 Å². The summed E-state index contributed by atoms with van der Waals surface area (Å²) in [6.45, 7) is 5.69. The number of aliphatic hydroxyl groups excluding tert-OH is 1. The molecule has 0 aliphatic carbocycles. The zero-order valence-corrected chi connectivity index (χ0v) is 17.6. The third-order valence-corrected chi connectivity index (χ3v) is 6.29. The summed E-state index contributed by atoms with van der Waals surface area (Å²) in [6, 6.07) is 6.05. The first-order chi connectivity index (χ1) is 14.7. The standard InChI is InChI=1S/C21H26ClN7O/c22-16-3-4-19-25-17(13-28(19)11-16)12-26-6-8-27(9-7-26)20-10-21(24-15-23-20)29-5-1-2-18(29)14-30/h3-4,10-11,13,15,18,30H,1-2,5-9,12,14H2. The molecule has 1 N–H and O–H groups in total. The summed E-state index contributed by atoms with van der Waals surface area (Å²) < 4.78 is 1.98. The van der Waals surface area contributed by atoms with Gasteiger partial charge in [-0.05, 0) is 25.0 Å². The van der Waals surface area contributed by atoms with E-state index in [1.165, 1.54) is 0 Å². The monoisotopic (exact) mass is 427 g/mol. The summed E-state index contributed by atoms with van der Waals surface area (Å²) >= 11 is 6.07. The van der Waals surface area contributed by atoms with Crippen molar-refractivity contribution in [1.82, 2.24) is 24.3 Å². The lowest BCUT2D eigenvalue weighted by Gasteiger charge is -2.35. The highest BCUT2D eigenvalue weighted by molar-refractivity contribution is 6.30. The van der Waals surface area contributed by atoms with Crippen LogP contribution in [0.3, 0.4) is 0 Å². The molecule has 0 aromatic carbocycles. The van der Waals surface area contributed by atoms with Gasteiger partial charge >= 0.3 is 0 Å². The van der Waals surface area contributed by atoms with Crippen molar-refractivity contribution in [3.63, 3.8) is 0 Å². The minimum absolute atomic E-state index is 0.171. The molecule has 3 aromatic rings. The molecule has 9 heteroatoms. The molecule has 0 radical (unpaired) electrons. The molecule has 158 valence electrons. The maximum Gasteiger partial charge on any atom is 0.137 e. The van der Waals surface area contributed by atoms with E-state index in [1.54, 1.807) is 6.33 Å². The minimum atomic E-state index is 0.171. The Bertz CT molecular complexity index is 1020. The Morgan fingerprint density at radius 2 is 1.87 bits per heavy atom. The molecule has 5 heterocycles. The Hall–Kier alpha value is -2.42. The zero-order chi connectivity index (χ0) is 20.5. The van der Waals surface area contributed by atoms with Gasteiger partial charge in [0.15, 0.2) is 0 Å². The Balaban J connectivity index is 1.22. The lowest BCUT2D eigenvalue weighted by molar-refractivity contribution is 0.247. The van der Waals surface area contributed by atoms with Gasteiger partial charge in [-0.15, -0.1) is 0 Å². The van der Waals surface area contributed by atoms with Crippen molar-refractivity contribution in [3.8, 4) is 0 Å². The van der Waals surface area contributed by atoms with Crippen LogP contribution in [0.15, 0.2) is 36.9 Å². The molecule has 3 aromatic heterocycles. The molecule has 0 spiro atoms. The van der Waals surface area contributed by atoms with Gasteiger partial charge in [-0.1, -0.05) is 11.6 Å². The van der Waals surface area contributed by atoms with Crippen LogP contribution in [0.1, 0.15) is 18.5 Å². The third-order valence-electron chi connectivity index (χ3n) is 6.07. The van der Waals surface area contributed by atoms with Crippen molar-refractivity contribution in [2.24, 2.45) is 0 Å². The number of fused-ring (bicyclic) bond motifs is 1. The first-order valence-corrected chi connectivity index (χ1v) is 10.9. The molecule has 1 unspecified atom stereocenters. The van der Waals surface area contributed by atoms with Gasteiger partial charge in [0.25, 0.3) is 0 Å². The molecule has 0 bridgehead atoms. The second kappa shape index (κ2) is 8.37. The van der Waals surface area contributed by atoms with Crippen LogP contribution in [0, 0.1) is 0 Å². The Morgan fingerprint density at radius 1 is 1.03 bits per heavy atom. The van der Waals surface area contributed by atoms with Gasteiger partial charge in [0.1, 0.15) is 23.6 Å². The maximum atomic E-state index is 9.61. The number of nitrogens with zero attached hydrogens (tertiary/aromatic N) is 7. The van der Waals surface area contributed by atoms with E-state index in [9.17, 15) is 5.11 Å². The number of rotatable bonds is 5. The highest BCUT2D eigenvalue weighted by Crippen LogP contribution is 2.26. The molecule has 0 amide bonds. The first-order valence-electron chi connectivity index (χ1n) is 10.5. The Kier molecular flexibility index (Phi) is 5.45. The number of hydrogen-bond acceptors (Lipinski definition) is 7. The van der Waals surface area contributed by atoms with Gasteiger partial charge in [-0.25, -0.2) is 15.0 Å². The van der Waals surface area contributed by atoms with Crippen molar-refractivity contribution in [3.05, 3.63) is 47.6 Å². The van der Waals surface area contributed by atoms with Crippen molar-refractivity contribution in [2.75, 3.05) is 49.1 Å². The molecule has 8 nitrogen and oxygen atoms in total. The van der Waals surface area contributed by atoms with Crippen molar-refractivity contribution >= 4 is 28.9 Å². The maximum absolute atomic E-state index is 9.61. The molecule has 2 aliphatic rings. The predicted octanol–water partition coefficient (Wildman–Crippen LogP) is 2.06. The first kappa shape index (κ1) is 19.5. The number of halogens is 1. The highest BCUT2D eigenvalue weighted by atomic mass is 35.5. The molecule has 0 saturated carbocycles. The largest absolute Gasteiger partial charge is 0.394 e. The van der Waals surface area contributed by atoms with Gasteiger partial charge in [-0.3, -0.25) is 4.90 Å². The van der Waals surface area contributed by atoms with E-state index in [2.05, 4.69) is 36.9 Å². The van der Waals surface area contributed by atoms with Gasteiger partial charge in [0.2, 0.25) is 0 Å². The average Bonchev–Trinajstić information content (AvgIpc) is 3.40. The fourth-order valence-electron chi connectivity index (χ4n) is 4.45. The molecular weight excluding hydrogens is 402 g/mol. The molecule has 1 atom stereocenters. The molecular formula is C21H26ClN7O. The van der Waals surface area contributed by atoms with E-state index in [4.69, 9.17) is 16.6 Å². The van der Waals surface area contributed by atoms with Crippen molar-refractivity contribution < 1.29 is 5.11 Å². The van der Waals surface area contributed by atoms with E-state index in [0.717, 1.165) is 75.1 Å². The van der Waals surface area contributed by atoms with Crippen LogP contribution < -0.4 is 9.80 Å². The number of aliphatic hydroxyl groups is 1. The predicted molar refractivity (Wildman–Crippen MR) is 117 cm³/mol. The van der Waals surface area contributed by atoms with Crippen LogP contribution >= 0.6 is 11.6 Å². The zero-order valence-electron chi connectivity index (χ0n) is 16.9. The van der Waals surface area contributed by atoms with Crippen LogP contribution in [0.2, 0.25) is 5.02 Å². The van der Waals surface area contributed by atoms with Crippen molar-refractivity contribution in [1.29, 1.82) is 0 Å². The number of imidazole rings is 1. The van der Waals surface area contributed by atoms with E-state index >= 15 is 0 Å². The lowest BCUT2D eigenvalue weighted by Crippen LogP contribution is -2.46. The van der Waals surface area contributed by atoms with E-state index < -0.39 is 0 Å². The van der Waals surface area contributed by atoms with E-state index in [1.807, 2.05) is 22.7 Å². The normalized spacial score (nSPS) is 20.4. The fraction of sp³-hybridized carbons (Fsp3) is 0.476. The lowest BCUT2D eigenvalue weighted by atomic mass is 10.2. The van der Waals surface area contributed by atoms with Gasteiger partial charge in [-0.2, -0.15) is 0 Å². The molecule has 2 saturated heterocycles. The second-order valence-corrected chi connectivity index (χ2v) is 8.45. The smallest absolute Gasteiger partial charge is 0.137 e. The van der Waals surface area contributed by atoms with Crippen LogP contribution in [0.5, 0.6) is 0 Å². The number of pyridine rings is 1. The molecule has 2 aliphatic heterocycles. The number of anilines is 2. The topological polar surface area (TPSA) is 73.0 Å². The SMILES string of the molecule is OCC1CCCN1c1cc(N2CCN(Cc3cn4cc(Cl)ccc4n3)CC2)ncn1. The van der Waals surface area contributed by atoms with Gasteiger partial charge in [0, 0.05) is 57.7 Å². The summed E-state index contributed by atoms with van der Waals surface area (Å²) in [7, 11) is 0. The Morgan fingerprint density at radius 3 is 2.70 bits per heavy atom. The molecule has 5 rings (SSSR count). The summed E-state index contributed by atoms with van der Waals surface area (Å²) in [4.78, 5) is 20.6. The van der Waals surface area contributed by atoms with Gasteiger partial charge < -0.3 is 19.3 Å². The Labute approximate surface area is 180 Å². The number of hydrogen-bond donors (Lipinski definition) is 1. The third kappa shape index (κ3) is 3.95. The second-order valence-electron chi connectivity index (χ2n) is 8.01. The van der Waals surface area contributed by atoms with Crippen LogP contribution in [0.25, 0.3) is 5.65 Å². The molecule has 30 heavy (non-hydrogen) atoms. The number of aromatic nitrogens is 4. The molecule has 2 fully saturated rings. The summed E-state index contributed by atoms with van der Waals surface area (Å²) in [5, 5.41) is 10.3.